The normalized spacial score (nSPS) is 11.1. The highest BCUT2D eigenvalue weighted by Crippen LogP contribution is 2.31. The van der Waals surface area contributed by atoms with Crippen LogP contribution in [-0.2, 0) is 32.6 Å². The molecule has 0 fully saturated rings. The lowest BCUT2D eigenvalue weighted by Crippen LogP contribution is -2.04. The Morgan fingerprint density at radius 3 is 0.957 bits per heavy atom. The molecule has 16 aromatic carbocycles. The molecule has 0 atom stereocenters. The van der Waals surface area contributed by atoms with Crippen molar-refractivity contribution < 1.29 is 69.1 Å². The van der Waals surface area contributed by atoms with E-state index in [2.05, 4.69) is 18.2 Å². The molecule has 16 rings (SSSR count). The van der Waals surface area contributed by atoms with Crippen LogP contribution >= 0.6 is 0 Å². The molecule has 0 aliphatic heterocycles. The monoisotopic (exact) mass is 1880 g/mol. The van der Waals surface area contributed by atoms with Gasteiger partial charge in [-0.1, -0.05) is 405 Å². The van der Waals surface area contributed by atoms with Crippen molar-refractivity contribution in [3.63, 3.8) is 0 Å². The second-order valence-corrected chi connectivity index (χ2v) is 32.5. The molecule has 0 saturated carbocycles. The molecule has 140 heavy (non-hydrogen) atoms. The Bertz CT molecular complexity index is 6700. The molecule has 15 heteroatoms. The molecule has 4 N–H and O–H groups in total. The van der Waals surface area contributed by atoms with Crippen molar-refractivity contribution in [2.24, 2.45) is 0 Å². The summed E-state index contributed by atoms with van der Waals surface area (Å²) in [5, 5.41) is 36.9. The van der Waals surface area contributed by atoms with E-state index in [1.54, 1.807) is 147 Å². The maximum atomic E-state index is 13.6. The average Bonchev–Trinajstić information content (AvgIpc) is 0.840. The van der Waals surface area contributed by atoms with Crippen molar-refractivity contribution in [1.29, 1.82) is 0 Å². The van der Waals surface area contributed by atoms with Crippen LogP contribution < -0.4 is 4.74 Å². The van der Waals surface area contributed by atoms with E-state index < -0.39 is 11.7 Å². The largest absolute Gasteiger partial charge is 0.496 e. The number of aryl methyl sites for hydroxylation is 7. The summed E-state index contributed by atoms with van der Waals surface area (Å²) in [4.78, 5) is 0. The van der Waals surface area contributed by atoms with Crippen LogP contribution in [0.2, 0.25) is 0 Å². The van der Waals surface area contributed by atoms with Crippen LogP contribution in [0.4, 0.5) is 43.9 Å². The molecule has 0 heterocycles. The van der Waals surface area contributed by atoms with Crippen molar-refractivity contribution in [2.75, 3.05) is 7.11 Å². The molecule has 0 aliphatic rings. The van der Waals surface area contributed by atoms with Crippen molar-refractivity contribution >= 4 is 97.2 Å². The predicted molar refractivity (Wildman–Crippen MR) is 563 cm³/mol. The lowest BCUT2D eigenvalue weighted by atomic mass is 10.0. The first-order valence-electron chi connectivity index (χ1n) is 45.1. The van der Waals surface area contributed by atoms with Crippen LogP contribution in [0, 0.1) is 89.2 Å². The van der Waals surface area contributed by atoms with Gasteiger partial charge in [-0.3, -0.25) is 0 Å². The highest BCUT2D eigenvalue weighted by atomic mass is 19.4. The van der Waals surface area contributed by atoms with Gasteiger partial charge in [-0.2, -0.15) is 13.2 Å². The lowest BCUT2D eigenvalue weighted by molar-refractivity contribution is -0.137. The van der Waals surface area contributed by atoms with Gasteiger partial charge in [0.05, 0.1) is 39.1 Å². The molecule has 0 saturated heterocycles. The minimum absolute atomic E-state index is 0.0293. The van der Waals surface area contributed by atoms with E-state index in [9.17, 15) is 59.2 Å². The summed E-state index contributed by atoms with van der Waals surface area (Å²) in [6.45, 7) is 13.7. The first-order valence-corrected chi connectivity index (χ1v) is 45.1. The van der Waals surface area contributed by atoms with E-state index in [0.29, 0.717) is 39.1 Å². The van der Waals surface area contributed by atoms with Gasteiger partial charge in [0, 0.05) is 33.4 Å². The molecule has 0 spiro atoms. The molecule has 0 unspecified atom stereocenters. The van der Waals surface area contributed by atoms with Crippen LogP contribution in [0.3, 0.4) is 0 Å². The number of hydrogen-bond donors (Lipinski definition) is 4. The molecule has 5 nitrogen and oxygen atoms in total. The Morgan fingerprint density at radius 1 is 0.221 bits per heavy atom. The van der Waals surface area contributed by atoms with Gasteiger partial charge in [0.2, 0.25) is 0 Å². The van der Waals surface area contributed by atoms with Crippen molar-refractivity contribution in [1.82, 2.24) is 0 Å². The zero-order valence-corrected chi connectivity index (χ0v) is 79.2. The maximum Gasteiger partial charge on any atom is 0.416 e. The van der Waals surface area contributed by atoms with E-state index in [1.807, 2.05) is 285 Å². The topological polar surface area (TPSA) is 90.2 Å². The van der Waals surface area contributed by atoms with E-state index >= 15 is 0 Å². The van der Waals surface area contributed by atoms with Gasteiger partial charge in [-0.25, -0.2) is 30.7 Å². The Morgan fingerprint density at radius 2 is 0.529 bits per heavy atom. The number of hydrogen-bond acceptors (Lipinski definition) is 5. The molecule has 0 aromatic heterocycles. The Hall–Kier alpha value is -15.6. The Kier molecular flexibility index (Phi) is 44.3. The summed E-state index contributed by atoms with van der Waals surface area (Å²) in [7, 11) is 1.61. The number of ether oxygens (including phenoxy) is 1. The fourth-order valence-electron chi connectivity index (χ4n) is 13.3. The SMILES string of the molecule is COc1cccc(/C=C/c2ccccc2)c1CO.Cc1ccc(/C=C/c2ccc(C)cc2F)cc1.Cc1ccc(/C=C/c2ccc(CO)cc2)c(CO)c1.Cc1ccc(/C=C/c2ccc(F)cc2)c(F)c1.Cc1ccc(/C=C/c2cccc(C(F)(F)F)c2)cc1.Cc1ccc(/C=C/c2ccccc2F)c(F)c1.Cc1ccc(F)c(/C=C/c2ccc(F)cc2)c1.OCc1ccccc1/C=C/c1ccccc1. The summed E-state index contributed by atoms with van der Waals surface area (Å²) < 4.78 is 136. The maximum absolute atomic E-state index is 13.6. The second kappa shape index (κ2) is 57.4. The molecular formula is C125H112F10O5. The standard InChI is InChI=1S/C17H18O2.C16H13F3.C16H15F.C16H16O2.3C15H12F2.C15H14O/c1-13-2-8-16(17(10-13)12-19)9-7-14-3-5-15(11-18)6-4-14;1-12-5-7-13(8-6-12)9-10-14-3-2-4-15(11-14)16(17,18)19;1-12-3-6-14(7-4-12)8-10-15-9-5-13(2)11-16(15)17;1-18-16-9-5-8-14(15(16)12-17)11-10-13-6-3-2-4-7-13;1-11-2-9-15(17)13(10-11)6-3-12-4-7-14(16)8-5-12;1-11-2-6-13(15(17)10-11)7-3-12-4-8-14(16)9-5-12;1-11-6-7-13(15(17)10-11)9-8-12-4-2-3-5-14(12)16;16-12-15-9-5-4-8-14(15)11-10-13-6-2-1-3-7-13/h2-10,18-19H,11-12H2,1H3;2-11H,1H3;3-11H,1-2H3;2-11,17H,12H2,1H3;3*2-10H,1H3;1-11,16H,12H2/b9-7+;10-9+;10-8+;11-10+;6-3+;7-3+;9-8+;11-10+. The van der Waals surface area contributed by atoms with Gasteiger partial charge in [0.25, 0.3) is 0 Å². The fraction of sp³-hybridized carbons (Fsp3) is 0.104. The minimum Gasteiger partial charge on any atom is -0.496 e. The Labute approximate surface area is 815 Å². The van der Waals surface area contributed by atoms with Crippen molar-refractivity contribution in [3.05, 3.63) is 560 Å². The quantitative estimate of drug-likeness (QED) is 0.0425. The van der Waals surface area contributed by atoms with Gasteiger partial charge >= 0.3 is 6.18 Å². The van der Waals surface area contributed by atoms with E-state index in [1.165, 1.54) is 60.2 Å². The summed E-state index contributed by atoms with van der Waals surface area (Å²) in [5.41, 5.74) is 23.5. The fourth-order valence-corrected chi connectivity index (χ4v) is 13.3. The molecule has 712 valence electrons. The first kappa shape index (κ1) is 108. The van der Waals surface area contributed by atoms with Crippen LogP contribution in [0.1, 0.15) is 156 Å². The molecule has 16 aromatic rings. The van der Waals surface area contributed by atoms with E-state index in [-0.39, 0.29) is 67.1 Å². The zero-order valence-electron chi connectivity index (χ0n) is 79.2. The van der Waals surface area contributed by atoms with Crippen molar-refractivity contribution in [3.8, 4) is 5.75 Å². The molecule has 0 bridgehead atoms. The highest BCUT2D eigenvalue weighted by Gasteiger charge is 2.30. The van der Waals surface area contributed by atoms with E-state index in [4.69, 9.17) is 9.84 Å². The molecular weight excluding hydrogens is 1770 g/mol. The number of benzene rings is 16. The van der Waals surface area contributed by atoms with Gasteiger partial charge < -0.3 is 25.2 Å². The lowest BCUT2D eigenvalue weighted by Gasteiger charge is -2.08. The molecule has 0 aliphatic carbocycles. The van der Waals surface area contributed by atoms with Gasteiger partial charge in [-0.05, 0) is 222 Å². The van der Waals surface area contributed by atoms with Crippen molar-refractivity contribution in [2.45, 2.75) is 81.1 Å². The number of alkyl halides is 3. The van der Waals surface area contributed by atoms with Crippen LogP contribution in [-0.4, -0.2) is 27.5 Å². The first-order chi connectivity index (χ1) is 67.5. The van der Waals surface area contributed by atoms with Crippen LogP contribution in [0.5, 0.6) is 5.75 Å². The third-order valence-electron chi connectivity index (χ3n) is 21.3. The molecule has 0 radical (unpaired) electrons. The second-order valence-electron chi connectivity index (χ2n) is 32.5. The Balaban J connectivity index is 0.000000179. The predicted octanol–water partition coefficient (Wildman–Crippen LogP) is 33.0. The minimum atomic E-state index is -4.30. The summed E-state index contributed by atoms with van der Waals surface area (Å²) in [6, 6.07) is 108. The van der Waals surface area contributed by atoms with Crippen LogP contribution in [0.25, 0.3) is 97.2 Å². The smallest absolute Gasteiger partial charge is 0.416 e. The number of halogens is 10. The van der Waals surface area contributed by atoms with Gasteiger partial charge in [0.1, 0.15) is 46.5 Å². The van der Waals surface area contributed by atoms with Gasteiger partial charge in [0.15, 0.2) is 0 Å². The number of aliphatic hydroxyl groups excluding tert-OH is 4. The number of rotatable bonds is 21. The van der Waals surface area contributed by atoms with Crippen LogP contribution in [0.15, 0.2) is 364 Å². The third kappa shape index (κ3) is 38.2. The number of methoxy groups -OCH3 is 1. The molecule has 0 amide bonds. The summed E-state index contributed by atoms with van der Waals surface area (Å²) in [6.07, 6.45) is 25.0. The third-order valence-corrected chi connectivity index (χ3v) is 21.3. The van der Waals surface area contributed by atoms with E-state index in [0.717, 1.165) is 123 Å². The summed E-state index contributed by atoms with van der Waals surface area (Å²) in [5.74, 6) is -1.11. The zero-order chi connectivity index (χ0) is 101. The van der Waals surface area contributed by atoms with Gasteiger partial charge in [-0.15, -0.1) is 0 Å². The highest BCUT2D eigenvalue weighted by molar-refractivity contribution is 5.77. The average molecular weight is 1880 g/mol. The summed E-state index contributed by atoms with van der Waals surface area (Å²) >= 11 is 0. The number of aliphatic hydroxyl groups is 4.